The predicted octanol–water partition coefficient (Wildman–Crippen LogP) is 3.53. The quantitative estimate of drug-likeness (QED) is 0.626. The van der Waals surface area contributed by atoms with Gasteiger partial charge in [0.25, 0.3) is 6.43 Å². The van der Waals surface area contributed by atoms with Crippen molar-refractivity contribution in [2.24, 2.45) is 0 Å². The number of hydrogen-bond donors (Lipinski definition) is 0. The van der Waals surface area contributed by atoms with Crippen LogP contribution in [0.2, 0.25) is 0 Å². The fourth-order valence-corrected chi connectivity index (χ4v) is 1.73. The Morgan fingerprint density at radius 1 is 1.64 bits per heavy atom. The second kappa shape index (κ2) is 4.89. The molecule has 0 radical (unpaired) electrons. The highest BCUT2D eigenvalue weighted by molar-refractivity contribution is 9.10. The molecule has 78 valence electrons. The first-order valence-electron chi connectivity index (χ1n) is 3.67. The van der Waals surface area contributed by atoms with Crippen molar-refractivity contribution < 1.29 is 13.5 Å². The number of rotatable bonds is 3. The summed E-state index contributed by atoms with van der Waals surface area (Å²) in [6.45, 7) is 0. The first-order valence-corrected chi connectivity index (χ1v) is 5.00. The van der Waals surface area contributed by atoms with Gasteiger partial charge in [-0.05, 0) is 22.0 Å². The first-order chi connectivity index (χ1) is 6.60. The highest BCUT2D eigenvalue weighted by atomic mass is 79.9. The van der Waals surface area contributed by atoms with Gasteiger partial charge in [0.2, 0.25) is 5.88 Å². The summed E-state index contributed by atoms with van der Waals surface area (Å²) in [4.78, 5) is 3.81. The molecule has 1 heterocycles. The van der Waals surface area contributed by atoms with E-state index in [0.717, 1.165) is 0 Å². The summed E-state index contributed by atoms with van der Waals surface area (Å²) in [5, 5.41) is 0. The number of hydrogen-bond acceptors (Lipinski definition) is 2. The molecule has 0 fully saturated rings. The molecule has 0 N–H and O–H groups in total. The zero-order chi connectivity index (χ0) is 10.7. The Bertz CT molecular complexity index is 335. The van der Waals surface area contributed by atoms with Gasteiger partial charge in [0, 0.05) is 5.56 Å². The summed E-state index contributed by atoms with van der Waals surface area (Å²) in [5.41, 5.74) is 0.272. The molecular weight excluding hydrogens is 279 g/mol. The lowest BCUT2D eigenvalue weighted by molar-refractivity contribution is 0.146. The molecule has 0 aliphatic rings. The Balaban J connectivity index is 3.25. The maximum Gasteiger partial charge on any atom is 0.269 e. The zero-order valence-electron chi connectivity index (χ0n) is 7.23. The average molecular weight is 287 g/mol. The molecular formula is C8H7BrClF2NO. The van der Waals surface area contributed by atoms with Crippen LogP contribution in [0, 0.1) is 0 Å². The normalized spacial score (nSPS) is 10.7. The summed E-state index contributed by atoms with van der Waals surface area (Å²) in [5.74, 6) is 0.0397. The van der Waals surface area contributed by atoms with E-state index in [0.29, 0.717) is 10.2 Å². The minimum atomic E-state index is -2.62. The second-order valence-electron chi connectivity index (χ2n) is 2.47. The Hall–Kier alpha value is -0.420. The van der Waals surface area contributed by atoms with E-state index < -0.39 is 6.43 Å². The molecule has 0 aliphatic heterocycles. The fraction of sp³-hybridized carbons (Fsp3) is 0.375. The van der Waals surface area contributed by atoms with Crippen LogP contribution in [-0.4, -0.2) is 12.1 Å². The molecule has 1 aromatic rings. The van der Waals surface area contributed by atoms with Crippen molar-refractivity contribution in [3.05, 3.63) is 21.8 Å². The van der Waals surface area contributed by atoms with Crippen molar-refractivity contribution in [1.29, 1.82) is 0 Å². The molecule has 0 aliphatic carbocycles. The monoisotopic (exact) mass is 285 g/mol. The van der Waals surface area contributed by atoms with Gasteiger partial charge in [0.15, 0.2) is 0 Å². The Morgan fingerprint density at radius 3 is 2.71 bits per heavy atom. The van der Waals surface area contributed by atoms with Crippen molar-refractivity contribution in [2.45, 2.75) is 12.3 Å². The fourth-order valence-electron chi connectivity index (χ4n) is 0.948. The third-order valence-corrected chi connectivity index (χ3v) is 2.59. The van der Waals surface area contributed by atoms with Gasteiger partial charge >= 0.3 is 0 Å². The van der Waals surface area contributed by atoms with E-state index >= 15 is 0 Å². The van der Waals surface area contributed by atoms with E-state index in [-0.39, 0.29) is 17.3 Å². The van der Waals surface area contributed by atoms with Gasteiger partial charge in [-0.15, -0.1) is 11.6 Å². The third kappa shape index (κ3) is 2.33. The number of alkyl halides is 3. The molecule has 14 heavy (non-hydrogen) atoms. The summed E-state index contributed by atoms with van der Waals surface area (Å²) in [6, 6.07) is 1.29. The van der Waals surface area contributed by atoms with Crippen molar-refractivity contribution >= 4 is 27.5 Å². The topological polar surface area (TPSA) is 22.1 Å². The molecule has 0 amide bonds. The summed E-state index contributed by atoms with van der Waals surface area (Å²) < 4.78 is 30.1. The van der Waals surface area contributed by atoms with Crippen LogP contribution in [-0.2, 0) is 5.88 Å². The molecule has 1 aromatic heterocycles. The SMILES string of the molecule is COc1nc(Br)c(CCl)cc1C(F)F. The number of ether oxygens (including phenoxy) is 1. The Morgan fingerprint density at radius 2 is 2.29 bits per heavy atom. The van der Waals surface area contributed by atoms with Crippen molar-refractivity contribution in [1.82, 2.24) is 4.98 Å². The molecule has 0 saturated heterocycles. The van der Waals surface area contributed by atoms with Crippen LogP contribution in [0.25, 0.3) is 0 Å². The molecule has 0 bridgehead atoms. The first kappa shape index (κ1) is 11.7. The molecule has 0 aromatic carbocycles. The smallest absolute Gasteiger partial charge is 0.269 e. The van der Waals surface area contributed by atoms with E-state index in [9.17, 15) is 8.78 Å². The van der Waals surface area contributed by atoms with Crippen LogP contribution in [0.4, 0.5) is 8.78 Å². The number of halogens is 4. The predicted molar refractivity (Wildman–Crippen MR) is 53.0 cm³/mol. The Labute approximate surface area is 93.4 Å². The van der Waals surface area contributed by atoms with Gasteiger partial charge in [0.05, 0.1) is 18.6 Å². The molecule has 0 saturated carbocycles. The molecule has 6 heteroatoms. The summed E-state index contributed by atoms with van der Waals surface area (Å²) in [6.07, 6.45) is -2.62. The Kier molecular flexibility index (Phi) is 4.07. The highest BCUT2D eigenvalue weighted by Gasteiger charge is 2.17. The van der Waals surface area contributed by atoms with Crippen LogP contribution in [0.5, 0.6) is 5.88 Å². The lowest BCUT2D eigenvalue weighted by Crippen LogP contribution is -1.98. The standard InChI is InChI=1S/C8H7BrClF2NO/c1-14-8-5(7(11)12)2-4(3-10)6(9)13-8/h2,7H,3H2,1H3. The average Bonchev–Trinajstić information content (AvgIpc) is 2.16. The van der Waals surface area contributed by atoms with Crippen LogP contribution in [0.3, 0.4) is 0 Å². The maximum atomic E-state index is 12.5. The van der Waals surface area contributed by atoms with Crippen LogP contribution in [0.1, 0.15) is 17.6 Å². The number of aromatic nitrogens is 1. The zero-order valence-corrected chi connectivity index (χ0v) is 9.57. The minimum absolute atomic E-state index is 0.0826. The van der Waals surface area contributed by atoms with Crippen LogP contribution >= 0.6 is 27.5 Å². The van der Waals surface area contributed by atoms with Crippen molar-refractivity contribution in [2.75, 3.05) is 7.11 Å². The lowest BCUT2D eigenvalue weighted by atomic mass is 10.2. The number of methoxy groups -OCH3 is 1. The third-order valence-electron chi connectivity index (χ3n) is 1.61. The van der Waals surface area contributed by atoms with Crippen molar-refractivity contribution in [3.8, 4) is 5.88 Å². The van der Waals surface area contributed by atoms with Gasteiger partial charge in [-0.2, -0.15) is 0 Å². The largest absolute Gasteiger partial charge is 0.481 e. The highest BCUT2D eigenvalue weighted by Crippen LogP contribution is 2.31. The van der Waals surface area contributed by atoms with E-state index in [1.54, 1.807) is 0 Å². The summed E-state index contributed by atoms with van der Waals surface area (Å²) >= 11 is 8.66. The van der Waals surface area contributed by atoms with E-state index in [1.165, 1.54) is 13.2 Å². The van der Waals surface area contributed by atoms with E-state index in [1.807, 2.05) is 0 Å². The van der Waals surface area contributed by atoms with Crippen LogP contribution < -0.4 is 4.74 Å². The number of nitrogens with zero attached hydrogens (tertiary/aromatic N) is 1. The van der Waals surface area contributed by atoms with Crippen molar-refractivity contribution in [3.63, 3.8) is 0 Å². The molecule has 2 nitrogen and oxygen atoms in total. The van der Waals surface area contributed by atoms with Crippen LogP contribution in [0.15, 0.2) is 10.7 Å². The van der Waals surface area contributed by atoms with Gasteiger partial charge in [-0.3, -0.25) is 0 Å². The van der Waals surface area contributed by atoms with Gasteiger partial charge in [-0.25, -0.2) is 13.8 Å². The number of pyridine rings is 1. The van der Waals surface area contributed by atoms with E-state index in [4.69, 9.17) is 16.3 Å². The molecule has 0 atom stereocenters. The minimum Gasteiger partial charge on any atom is -0.481 e. The maximum absolute atomic E-state index is 12.5. The van der Waals surface area contributed by atoms with Gasteiger partial charge in [-0.1, -0.05) is 0 Å². The molecule has 0 unspecified atom stereocenters. The molecule has 1 rings (SSSR count). The molecule has 0 spiro atoms. The second-order valence-corrected chi connectivity index (χ2v) is 3.49. The summed E-state index contributed by atoms with van der Waals surface area (Å²) in [7, 11) is 1.29. The lowest BCUT2D eigenvalue weighted by Gasteiger charge is -2.09. The van der Waals surface area contributed by atoms with E-state index in [2.05, 4.69) is 20.9 Å². The van der Waals surface area contributed by atoms with Gasteiger partial charge < -0.3 is 4.74 Å². The van der Waals surface area contributed by atoms with Gasteiger partial charge in [0.1, 0.15) is 4.60 Å².